The second-order valence-electron chi connectivity index (χ2n) is 7.00. The molecule has 0 unspecified atom stereocenters. The van der Waals surface area contributed by atoms with Crippen LogP contribution in [0.3, 0.4) is 0 Å². The molecule has 154 valence electrons. The highest BCUT2D eigenvalue weighted by Gasteiger charge is 2.19. The highest BCUT2D eigenvalue weighted by Crippen LogP contribution is 2.38. The largest absolute Gasteiger partial charge is 0.497 e. The van der Waals surface area contributed by atoms with Crippen LogP contribution in [0.25, 0.3) is 11.2 Å². The number of rotatable bonds is 7. The number of nitrogens with zero attached hydrogens (tertiary/aromatic N) is 5. The van der Waals surface area contributed by atoms with Crippen LogP contribution in [0.4, 0.5) is 5.82 Å². The summed E-state index contributed by atoms with van der Waals surface area (Å²) in [7, 11) is 3.31. The summed E-state index contributed by atoms with van der Waals surface area (Å²) in [4.78, 5) is 16.8. The van der Waals surface area contributed by atoms with Crippen molar-refractivity contribution >= 4 is 28.7 Å². The van der Waals surface area contributed by atoms with E-state index < -0.39 is 0 Å². The molecule has 2 aromatic heterocycles. The van der Waals surface area contributed by atoms with Crippen molar-refractivity contribution in [1.82, 2.24) is 24.4 Å². The van der Waals surface area contributed by atoms with E-state index >= 15 is 0 Å². The van der Waals surface area contributed by atoms with Crippen LogP contribution < -0.4 is 15.2 Å². The van der Waals surface area contributed by atoms with Crippen LogP contribution in [-0.4, -0.2) is 58.3 Å². The second-order valence-corrected chi connectivity index (χ2v) is 8.01. The zero-order valence-corrected chi connectivity index (χ0v) is 17.6. The maximum absolute atomic E-state index is 6.08. The summed E-state index contributed by atoms with van der Waals surface area (Å²) in [6, 6.07) is 5.73. The van der Waals surface area contributed by atoms with Gasteiger partial charge in [0.1, 0.15) is 17.8 Å². The van der Waals surface area contributed by atoms with Gasteiger partial charge in [-0.05, 0) is 55.9 Å². The molecule has 1 aliphatic rings. The van der Waals surface area contributed by atoms with Gasteiger partial charge in [0.2, 0.25) is 0 Å². The quantitative estimate of drug-likeness (QED) is 0.631. The van der Waals surface area contributed by atoms with Crippen LogP contribution in [0, 0.1) is 0 Å². The number of nitrogen functional groups attached to an aromatic ring is 1. The molecule has 2 N–H and O–H groups in total. The van der Waals surface area contributed by atoms with E-state index in [0.29, 0.717) is 11.3 Å². The predicted molar refractivity (Wildman–Crippen MR) is 114 cm³/mol. The van der Waals surface area contributed by atoms with E-state index in [-0.39, 0.29) is 0 Å². The number of hydrogen-bond donors (Lipinski definition) is 1. The van der Waals surface area contributed by atoms with Crippen molar-refractivity contribution in [1.29, 1.82) is 0 Å². The number of aromatic nitrogens is 4. The van der Waals surface area contributed by atoms with Crippen LogP contribution in [0.2, 0.25) is 0 Å². The van der Waals surface area contributed by atoms with Crippen LogP contribution in [0.15, 0.2) is 34.6 Å². The number of imidazole rings is 1. The van der Waals surface area contributed by atoms with E-state index in [1.807, 2.05) is 18.2 Å². The van der Waals surface area contributed by atoms with Crippen molar-refractivity contribution < 1.29 is 9.47 Å². The summed E-state index contributed by atoms with van der Waals surface area (Å²) < 4.78 is 13.0. The first-order valence-electron chi connectivity index (χ1n) is 9.78. The average molecular weight is 415 g/mol. The smallest absolute Gasteiger partial charge is 0.175 e. The van der Waals surface area contributed by atoms with E-state index in [0.717, 1.165) is 53.4 Å². The van der Waals surface area contributed by atoms with Gasteiger partial charge in [0.15, 0.2) is 22.1 Å². The average Bonchev–Trinajstić information content (AvgIpc) is 3.11. The molecule has 1 aliphatic heterocycles. The molecule has 0 atom stereocenters. The SMILES string of the molecule is COc1ccc(OC)c(Sc2nc3c(N)ncnc3n2CCN2CCCCC2)c1. The van der Waals surface area contributed by atoms with Gasteiger partial charge in [-0.1, -0.05) is 6.42 Å². The summed E-state index contributed by atoms with van der Waals surface area (Å²) in [6.07, 6.45) is 5.35. The number of anilines is 1. The van der Waals surface area contributed by atoms with Crippen LogP contribution in [0.5, 0.6) is 11.5 Å². The zero-order chi connectivity index (χ0) is 20.2. The minimum atomic E-state index is 0.395. The lowest BCUT2D eigenvalue weighted by atomic mass is 10.1. The van der Waals surface area contributed by atoms with E-state index in [1.165, 1.54) is 37.4 Å². The molecule has 4 rings (SSSR count). The summed E-state index contributed by atoms with van der Waals surface area (Å²) in [6.45, 7) is 4.05. The molecule has 3 aromatic rings. The van der Waals surface area contributed by atoms with Gasteiger partial charge in [0, 0.05) is 13.1 Å². The Labute approximate surface area is 174 Å². The summed E-state index contributed by atoms with van der Waals surface area (Å²) in [5, 5.41) is 0.816. The molecular formula is C20H26N6O2S. The van der Waals surface area contributed by atoms with Gasteiger partial charge in [0.25, 0.3) is 0 Å². The number of benzene rings is 1. The molecule has 0 aliphatic carbocycles. The first-order chi connectivity index (χ1) is 14.2. The second kappa shape index (κ2) is 8.87. The van der Waals surface area contributed by atoms with Crippen LogP contribution in [0.1, 0.15) is 19.3 Å². The van der Waals surface area contributed by atoms with Crippen molar-refractivity contribution in [2.45, 2.75) is 35.9 Å². The molecule has 29 heavy (non-hydrogen) atoms. The van der Waals surface area contributed by atoms with Crippen LogP contribution >= 0.6 is 11.8 Å². The maximum atomic E-state index is 6.08. The Morgan fingerprint density at radius 1 is 1.07 bits per heavy atom. The fourth-order valence-corrected chi connectivity index (χ4v) is 4.65. The van der Waals surface area contributed by atoms with E-state index in [1.54, 1.807) is 14.2 Å². The standard InChI is InChI=1S/C20H26N6O2S/c1-27-14-6-7-15(28-2)16(12-14)29-20-24-17-18(21)22-13-23-19(17)26(20)11-10-25-8-4-3-5-9-25/h6-7,12-13H,3-5,8-11H2,1-2H3,(H2,21,22,23). The fraction of sp³-hybridized carbons (Fsp3) is 0.450. The van der Waals surface area contributed by atoms with Crippen molar-refractivity contribution in [3.05, 3.63) is 24.5 Å². The first-order valence-corrected chi connectivity index (χ1v) is 10.6. The molecule has 0 saturated carbocycles. The molecule has 0 amide bonds. The summed E-state index contributed by atoms with van der Waals surface area (Å²) in [5.41, 5.74) is 7.48. The molecule has 0 radical (unpaired) electrons. The number of methoxy groups -OCH3 is 2. The molecule has 1 aromatic carbocycles. The van der Waals surface area contributed by atoms with Crippen LogP contribution in [-0.2, 0) is 6.54 Å². The number of piperidine rings is 1. The number of fused-ring (bicyclic) bond motifs is 1. The van der Waals surface area contributed by atoms with Crippen molar-refractivity contribution in [3.8, 4) is 11.5 Å². The molecule has 8 nitrogen and oxygen atoms in total. The monoisotopic (exact) mass is 414 g/mol. The minimum absolute atomic E-state index is 0.395. The third-order valence-electron chi connectivity index (χ3n) is 5.19. The van der Waals surface area contributed by atoms with Gasteiger partial charge < -0.3 is 24.7 Å². The lowest BCUT2D eigenvalue weighted by Gasteiger charge is -2.26. The first kappa shape index (κ1) is 19.8. The lowest BCUT2D eigenvalue weighted by molar-refractivity contribution is 0.219. The zero-order valence-electron chi connectivity index (χ0n) is 16.8. The number of hydrogen-bond acceptors (Lipinski definition) is 8. The van der Waals surface area contributed by atoms with E-state index in [2.05, 4.69) is 19.4 Å². The Morgan fingerprint density at radius 3 is 2.66 bits per heavy atom. The van der Waals surface area contributed by atoms with Crippen molar-refractivity contribution in [2.75, 3.05) is 39.6 Å². The minimum Gasteiger partial charge on any atom is -0.497 e. The van der Waals surface area contributed by atoms with Gasteiger partial charge in [-0.25, -0.2) is 15.0 Å². The van der Waals surface area contributed by atoms with Crippen molar-refractivity contribution in [3.63, 3.8) is 0 Å². The molecule has 3 heterocycles. The third-order valence-corrected chi connectivity index (χ3v) is 6.22. The molecule has 9 heteroatoms. The predicted octanol–water partition coefficient (Wildman–Crippen LogP) is 3.06. The Kier molecular flexibility index (Phi) is 6.05. The summed E-state index contributed by atoms with van der Waals surface area (Å²) in [5.74, 6) is 1.93. The third kappa shape index (κ3) is 4.25. The van der Waals surface area contributed by atoms with Gasteiger partial charge in [-0.3, -0.25) is 0 Å². The van der Waals surface area contributed by atoms with Crippen molar-refractivity contribution in [2.24, 2.45) is 0 Å². The highest BCUT2D eigenvalue weighted by molar-refractivity contribution is 7.99. The fourth-order valence-electron chi connectivity index (χ4n) is 3.60. The Bertz CT molecular complexity index is 987. The molecule has 0 bridgehead atoms. The Balaban J connectivity index is 1.68. The van der Waals surface area contributed by atoms with Gasteiger partial charge >= 0.3 is 0 Å². The molecule has 1 fully saturated rings. The lowest BCUT2D eigenvalue weighted by Crippen LogP contribution is -2.32. The topological polar surface area (TPSA) is 91.3 Å². The normalized spacial score (nSPS) is 15.0. The molecule has 1 saturated heterocycles. The maximum Gasteiger partial charge on any atom is 0.175 e. The van der Waals surface area contributed by atoms with Gasteiger partial charge in [-0.15, -0.1) is 0 Å². The Morgan fingerprint density at radius 2 is 1.90 bits per heavy atom. The van der Waals surface area contributed by atoms with Gasteiger partial charge in [-0.2, -0.15) is 0 Å². The molecule has 0 spiro atoms. The van der Waals surface area contributed by atoms with E-state index in [9.17, 15) is 0 Å². The summed E-state index contributed by atoms with van der Waals surface area (Å²) >= 11 is 1.52. The number of ether oxygens (including phenoxy) is 2. The highest BCUT2D eigenvalue weighted by atomic mass is 32.2. The van der Waals surface area contributed by atoms with E-state index in [4.69, 9.17) is 20.2 Å². The number of nitrogens with two attached hydrogens (primary N) is 1. The number of likely N-dealkylation sites (tertiary alicyclic amines) is 1. The Hall–Kier alpha value is -2.52. The molecular weight excluding hydrogens is 388 g/mol. The van der Waals surface area contributed by atoms with Gasteiger partial charge in [0.05, 0.1) is 19.1 Å².